The minimum Gasteiger partial charge on any atom is -0.350 e. The number of benzene rings is 1. The van der Waals surface area contributed by atoms with Gasteiger partial charge in [0.15, 0.2) is 0 Å². The van der Waals surface area contributed by atoms with E-state index >= 15 is 0 Å². The molecular formula is C18H27N3O4S. The number of rotatable bonds is 6. The third-order valence-electron chi connectivity index (χ3n) is 4.47. The van der Waals surface area contributed by atoms with Crippen LogP contribution in [0.4, 0.5) is 0 Å². The molecule has 0 bridgehead atoms. The van der Waals surface area contributed by atoms with Crippen LogP contribution in [0.3, 0.4) is 0 Å². The highest BCUT2D eigenvalue weighted by Gasteiger charge is 2.30. The minimum atomic E-state index is -3.27. The molecule has 1 saturated heterocycles. The van der Waals surface area contributed by atoms with Crippen molar-refractivity contribution >= 4 is 21.8 Å². The lowest BCUT2D eigenvalue weighted by molar-refractivity contribution is -0.124. The van der Waals surface area contributed by atoms with Crippen molar-refractivity contribution in [1.82, 2.24) is 14.9 Å². The Bertz CT molecular complexity index is 734. The molecule has 2 amide bonds. The zero-order valence-corrected chi connectivity index (χ0v) is 16.3. The van der Waals surface area contributed by atoms with Crippen LogP contribution in [0.5, 0.6) is 0 Å². The monoisotopic (exact) mass is 381 g/mol. The van der Waals surface area contributed by atoms with E-state index in [1.807, 2.05) is 19.9 Å². The highest BCUT2D eigenvalue weighted by molar-refractivity contribution is 7.88. The van der Waals surface area contributed by atoms with Crippen LogP contribution >= 0.6 is 0 Å². The molecule has 2 rings (SSSR count). The molecule has 8 heteroatoms. The number of nitrogens with one attached hydrogen (secondary N) is 2. The smallest absolute Gasteiger partial charge is 0.251 e. The van der Waals surface area contributed by atoms with Crippen LogP contribution in [0.15, 0.2) is 30.3 Å². The Morgan fingerprint density at radius 3 is 2.42 bits per heavy atom. The molecule has 7 nitrogen and oxygen atoms in total. The van der Waals surface area contributed by atoms with Gasteiger partial charge in [-0.1, -0.05) is 32.0 Å². The van der Waals surface area contributed by atoms with Crippen LogP contribution in [0.2, 0.25) is 0 Å². The fraction of sp³-hybridized carbons (Fsp3) is 0.556. The molecule has 1 fully saturated rings. The van der Waals surface area contributed by atoms with Crippen molar-refractivity contribution in [3.05, 3.63) is 35.9 Å². The van der Waals surface area contributed by atoms with Crippen molar-refractivity contribution in [1.29, 1.82) is 0 Å². The fourth-order valence-corrected chi connectivity index (χ4v) is 3.91. The van der Waals surface area contributed by atoms with Crippen molar-refractivity contribution in [2.75, 3.05) is 19.3 Å². The maximum Gasteiger partial charge on any atom is 0.251 e. The van der Waals surface area contributed by atoms with Gasteiger partial charge in [-0.05, 0) is 30.9 Å². The average molecular weight is 381 g/mol. The first-order valence-corrected chi connectivity index (χ1v) is 10.6. The van der Waals surface area contributed by atoms with Crippen molar-refractivity contribution in [2.45, 2.75) is 38.8 Å². The second-order valence-corrected chi connectivity index (χ2v) is 9.01. The molecule has 1 aliphatic rings. The molecule has 26 heavy (non-hydrogen) atoms. The molecule has 1 aromatic carbocycles. The Labute approximate surface area is 155 Å². The van der Waals surface area contributed by atoms with E-state index < -0.39 is 16.1 Å². The molecule has 0 saturated carbocycles. The Kier molecular flexibility index (Phi) is 6.77. The van der Waals surface area contributed by atoms with E-state index in [2.05, 4.69) is 10.6 Å². The summed E-state index contributed by atoms with van der Waals surface area (Å²) < 4.78 is 24.8. The maximum atomic E-state index is 12.7. The Morgan fingerprint density at radius 2 is 1.85 bits per heavy atom. The first kappa shape index (κ1) is 20.4. The van der Waals surface area contributed by atoms with Crippen molar-refractivity contribution < 1.29 is 18.0 Å². The molecule has 1 aromatic rings. The Hall–Kier alpha value is -1.93. The molecule has 0 spiro atoms. The predicted octanol–water partition coefficient (Wildman–Crippen LogP) is 0.981. The van der Waals surface area contributed by atoms with Crippen molar-refractivity contribution in [3.8, 4) is 0 Å². The number of hydrogen-bond donors (Lipinski definition) is 2. The van der Waals surface area contributed by atoms with Gasteiger partial charge in [0.05, 0.1) is 6.26 Å². The van der Waals surface area contributed by atoms with Crippen LogP contribution in [-0.2, 0) is 14.8 Å². The summed E-state index contributed by atoms with van der Waals surface area (Å²) in [6.07, 6.45) is 2.59. The summed E-state index contributed by atoms with van der Waals surface area (Å²) in [6.45, 7) is 4.46. The minimum absolute atomic E-state index is 0.0998. The lowest BCUT2D eigenvalue weighted by atomic mass is 10.0. The molecule has 0 aromatic heterocycles. The van der Waals surface area contributed by atoms with Gasteiger partial charge in [-0.2, -0.15) is 0 Å². The molecule has 1 aliphatic heterocycles. The second-order valence-electron chi connectivity index (χ2n) is 7.03. The molecule has 144 valence electrons. The lowest BCUT2D eigenvalue weighted by Crippen LogP contribution is -2.55. The van der Waals surface area contributed by atoms with Gasteiger partial charge >= 0.3 is 0 Å². The third-order valence-corrected chi connectivity index (χ3v) is 5.74. The summed E-state index contributed by atoms with van der Waals surface area (Å²) in [6, 6.07) is 7.80. The van der Waals surface area contributed by atoms with E-state index in [0.29, 0.717) is 18.5 Å². The number of carbonyl (C=O) groups is 2. The zero-order valence-electron chi connectivity index (χ0n) is 15.4. The summed E-state index contributed by atoms with van der Waals surface area (Å²) in [5, 5.41) is 5.68. The van der Waals surface area contributed by atoms with Gasteiger partial charge in [0.1, 0.15) is 6.04 Å². The van der Waals surface area contributed by atoms with Gasteiger partial charge in [-0.25, -0.2) is 12.7 Å². The van der Waals surface area contributed by atoms with E-state index in [0.717, 1.165) is 6.42 Å². The predicted molar refractivity (Wildman–Crippen MR) is 100 cm³/mol. The highest BCUT2D eigenvalue weighted by atomic mass is 32.2. The number of carbonyl (C=O) groups excluding carboxylic acids is 2. The van der Waals surface area contributed by atoms with E-state index in [9.17, 15) is 18.0 Å². The maximum absolute atomic E-state index is 12.7. The van der Waals surface area contributed by atoms with Crippen LogP contribution in [0, 0.1) is 5.92 Å². The number of piperidine rings is 1. The number of nitrogens with zero attached hydrogens (tertiary/aromatic N) is 1. The fourth-order valence-electron chi connectivity index (χ4n) is 3.00. The first-order chi connectivity index (χ1) is 12.2. The number of sulfonamides is 1. The van der Waals surface area contributed by atoms with Crippen molar-refractivity contribution in [2.24, 2.45) is 5.92 Å². The van der Waals surface area contributed by atoms with Crippen LogP contribution in [0.25, 0.3) is 0 Å². The van der Waals surface area contributed by atoms with Crippen LogP contribution in [0.1, 0.15) is 37.0 Å². The number of hydrogen-bond acceptors (Lipinski definition) is 4. The molecule has 0 aliphatic carbocycles. The molecule has 2 atom stereocenters. The summed E-state index contributed by atoms with van der Waals surface area (Å²) in [5.41, 5.74) is 0.492. The summed E-state index contributed by atoms with van der Waals surface area (Å²) in [4.78, 5) is 25.0. The highest BCUT2D eigenvalue weighted by Crippen LogP contribution is 2.14. The largest absolute Gasteiger partial charge is 0.350 e. The first-order valence-electron chi connectivity index (χ1n) is 8.80. The average Bonchev–Trinajstić information content (AvgIpc) is 2.59. The molecule has 1 heterocycles. The van der Waals surface area contributed by atoms with Gasteiger partial charge in [0, 0.05) is 24.7 Å². The van der Waals surface area contributed by atoms with Gasteiger partial charge in [0.2, 0.25) is 15.9 Å². The summed E-state index contributed by atoms with van der Waals surface area (Å²) in [5.74, 6) is -0.692. The summed E-state index contributed by atoms with van der Waals surface area (Å²) >= 11 is 0. The van der Waals surface area contributed by atoms with Gasteiger partial charge in [-0.15, -0.1) is 0 Å². The standard InChI is InChI=1S/C18H27N3O4S/c1-13(2)16(20-17(22)14-8-5-4-6-9-14)18(23)19-15-10-7-11-21(12-15)26(3,24)25/h4-6,8-9,13,15-16H,7,10-12H2,1-3H3,(H,19,23)(H,20,22). The normalized spacial score (nSPS) is 19.8. The SMILES string of the molecule is CC(C)C(NC(=O)c1ccccc1)C(=O)NC1CCCN(S(C)(=O)=O)C1. The molecule has 2 N–H and O–H groups in total. The van der Waals surface area contributed by atoms with Crippen LogP contribution < -0.4 is 10.6 Å². The van der Waals surface area contributed by atoms with E-state index in [1.54, 1.807) is 24.3 Å². The van der Waals surface area contributed by atoms with E-state index in [-0.39, 0.29) is 30.3 Å². The Morgan fingerprint density at radius 1 is 1.19 bits per heavy atom. The van der Waals surface area contributed by atoms with E-state index in [4.69, 9.17) is 0 Å². The van der Waals surface area contributed by atoms with E-state index in [1.165, 1.54) is 10.6 Å². The third kappa shape index (κ3) is 5.54. The quantitative estimate of drug-likeness (QED) is 0.768. The zero-order chi connectivity index (χ0) is 19.3. The van der Waals surface area contributed by atoms with Crippen LogP contribution in [-0.4, -0.2) is 56.0 Å². The van der Waals surface area contributed by atoms with Gasteiger partial charge < -0.3 is 10.6 Å². The lowest BCUT2D eigenvalue weighted by Gasteiger charge is -2.33. The summed E-state index contributed by atoms with van der Waals surface area (Å²) in [7, 11) is -3.27. The molecule has 2 unspecified atom stereocenters. The van der Waals surface area contributed by atoms with Gasteiger partial charge in [-0.3, -0.25) is 9.59 Å². The second kappa shape index (κ2) is 8.64. The topological polar surface area (TPSA) is 95.6 Å². The molecule has 0 radical (unpaired) electrons. The van der Waals surface area contributed by atoms with Gasteiger partial charge in [0.25, 0.3) is 5.91 Å². The molecular weight excluding hydrogens is 354 g/mol. The van der Waals surface area contributed by atoms with Crippen molar-refractivity contribution in [3.63, 3.8) is 0 Å². The Balaban J connectivity index is 2.01. The number of amides is 2.